The number of methoxy groups -OCH3 is 2. The summed E-state index contributed by atoms with van der Waals surface area (Å²) in [4.78, 5) is 14.6. The summed E-state index contributed by atoms with van der Waals surface area (Å²) in [7, 11) is 6.81. The van der Waals surface area contributed by atoms with Gasteiger partial charge >= 0.3 is 0 Å². The van der Waals surface area contributed by atoms with Gasteiger partial charge in [-0.25, -0.2) is 0 Å². The van der Waals surface area contributed by atoms with E-state index in [9.17, 15) is 4.79 Å². The molecule has 2 rings (SSSR count). The summed E-state index contributed by atoms with van der Waals surface area (Å²) in [6.07, 6.45) is 0. The number of ether oxygens (including phenoxy) is 2. The summed E-state index contributed by atoms with van der Waals surface area (Å²) in [5.74, 6) is 1.61. The molecule has 1 aromatic carbocycles. The van der Waals surface area contributed by atoms with Crippen molar-refractivity contribution < 1.29 is 14.3 Å². The molecule has 1 amide bonds. The minimum absolute atomic E-state index is 0.0766. The molecule has 0 unspecified atom stereocenters. The van der Waals surface area contributed by atoms with Crippen molar-refractivity contribution in [3.05, 3.63) is 41.2 Å². The maximum absolute atomic E-state index is 12.9. The van der Waals surface area contributed by atoms with Crippen molar-refractivity contribution in [2.45, 2.75) is 32.7 Å². The molecule has 1 heterocycles. The van der Waals surface area contributed by atoms with Gasteiger partial charge in [0.15, 0.2) is 0 Å². The molecule has 25 heavy (non-hydrogen) atoms. The molecule has 0 radical (unpaired) electrons. The highest BCUT2D eigenvalue weighted by molar-refractivity contribution is 5.92. The quantitative estimate of drug-likeness (QED) is 0.805. The molecule has 0 saturated heterocycles. The second-order valence-corrected chi connectivity index (χ2v) is 6.43. The van der Waals surface area contributed by atoms with Crippen LogP contribution in [0.3, 0.4) is 0 Å². The number of aromatic nitrogens is 2. The summed E-state index contributed by atoms with van der Waals surface area (Å²) < 4.78 is 12.4. The van der Waals surface area contributed by atoms with Gasteiger partial charge in [-0.05, 0) is 31.0 Å². The summed E-state index contributed by atoms with van der Waals surface area (Å²) >= 11 is 0. The molecule has 2 aromatic rings. The molecule has 1 atom stereocenters. The highest BCUT2D eigenvalue weighted by atomic mass is 16.5. The number of hydrogen-bond acceptors (Lipinski definition) is 4. The third kappa shape index (κ3) is 3.78. The molecule has 0 saturated carbocycles. The van der Waals surface area contributed by atoms with Crippen molar-refractivity contribution in [1.82, 2.24) is 14.7 Å². The van der Waals surface area contributed by atoms with Gasteiger partial charge in [0.25, 0.3) is 5.91 Å². The van der Waals surface area contributed by atoms with Crippen LogP contribution in [-0.2, 0) is 7.05 Å². The topological polar surface area (TPSA) is 56.6 Å². The molecule has 6 nitrogen and oxygen atoms in total. The van der Waals surface area contributed by atoms with E-state index < -0.39 is 0 Å². The first-order valence-electron chi connectivity index (χ1n) is 8.33. The highest BCUT2D eigenvalue weighted by Crippen LogP contribution is 2.32. The van der Waals surface area contributed by atoms with Crippen LogP contribution in [0.5, 0.6) is 11.5 Å². The maximum atomic E-state index is 12.9. The summed E-state index contributed by atoms with van der Waals surface area (Å²) in [5.41, 5.74) is 2.41. The minimum Gasteiger partial charge on any atom is -0.497 e. The molecule has 0 aliphatic heterocycles. The Kier molecular flexibility index (Phi) is 5.72. The van der Waals surface area contributed by atoms with Crippen LogP contribution in [0.15, 0.2) is 24.3 Å². The van der Waals surface area contributed by atoms with Gasteiger partial charge in [-0.1, -0.05) is 13.8 Å². The van der Waals surface area contributed by atoms with Crippen molar-refractivity contribution in [2.75, 3.05) is 21.3 Å². The van der Waals surface area contributed by atoms with E-state index >= 15 is 0 Å². The first kappa shape index (κ1) is 18.8. The molecule has 0 bridgehead atoms. The van der Waals surface area contributed by atoms with Gasteiger partial charge in [0, 0.05) is 25.7 Å². The minimum atomic E-state index is -0.161. The molecule has 0 spiro atoms. The maximum Gasteiger partial charge on any atom is 0.272 e. The zero-order valence-corrected chi connectivity index (χ0v) is 16.0. The lowest BCUT2D eigenvalue weighted by Crippen LogP contribution is -2.31. The van der Waals surface area contributed by atoms with E-state index in [1.165, 1.54) is 0 Å². The smallest absolute Gasteiger partial charge is 0.272 e. The van der Waals surface area contributed by atoms with Crippen molar-refractivity contribution in [1.29, 1.82) is 0 Å². The molecule has 0 fully saturated rings. The lowest BCUT2D eigenvalue weighted by atomic mass is 10.0. The predicted octanol–water partition coefficient (Wildman–Crippen LogP) is 3.39. The van der Waals surface area contributed by atoms with Gasteiger partial charge in [0.05, 0.1) is 26.0 Å². The Morgan fingerprint density at radius 2 is 1.84 bits per heavy atom. The number of carbonyl (C=O) groups excluding carboxylic acids is 1. The summed E-state index contributed by atoms with van der Waals surface area (Å²) in [6, 6.07) is 7.32. The van der Waals surface area contributed by atoms with Gasteiger partial charge in [-0.2, -0.15) is 5.10 Å². The van der Waals surface area contributed by atoms with Crippen molar-refractivity contribution in [2.24, 2.45) is 7.05 Å². The molecule has 0 aliphatic rings. The van der Waals surface area contributed by atoms with Crippen LogP contribution in [0.25, 0.3) is 0 Å². The highest BCUT2D eigenvalue weighted by Gasteiger charge is 2.25. The monoisotopic (exact) mass is 345 g/mol. The zero-order chi connectivity index (χ0) is 18.7. The third-order valence-corrected chi connectivity index (χ3v) is 4.50. The van der Waals surface area contributed by atoms with E-state index in [0.29, 0.717) is 11.4 Å². The van der Waals surface area contributed by atoms with E-state index in [2.05, 4.69) is 18.9 Å². The van der Waals surface area contributed by atoms with Crippen molar-refractivity contribution in [3.8, 4) is 11.5 Å². The van der Waals surface area contributed by atoms with Crippen LogP contribution in [0.4, 0.5) is 0 Å². The van der Waals surface area contributed by atoms with Gasteiger partial charge in [-0.15, -0.1) is 0 Å². The molecule has 0 N–H and O–H groups in total. The fourth-order valence-electron chi connectivity index (χ4n) is 2.70. The third-order valence-electron chi connectivity index (χ3n) is 4.50. The van der Waals surface area contributed by atoms with Crippen LogP contribution in [0, 0.1) is 0 Å². The van der Waals surface area contributed by atoms with Crippen LogP contribution in [0.2, 0.25) is 0 Å². The average molecular weight is 345 g/mol. The Morgan fingerprint density at radius 1 is 1.16 bits per heavy atom. The Morgan fingerprint density at radius 3 is 2.36 bits per heavy atom. The largest absolute Gasteiger partial charge is 0.497 e. The predicted molar refractivity (Wildman–Crippen MR) is 97.4 cm³/mol. The average Bonchev–Trinajstić information content (AvgIpc) is 3.01. The molecule has 6 heteroatoms. The van der Waals surface area contributed by atoms with Gasteiger partial charge in [0.2, 0.25) is 0 Å². The SMILES string of the molecule is COc1ccc([C@@H](C)N(C)C(=O)c2cc(C(C)C)nn2C)c(OC)c1. The Bertz CT molecular complexity index is 752. The number of nitrogens with zero attached hydrogens (tertiary/aromatic N) is 3. The van der Waals surface area contributed by atoms with Crippen LogP contribution in [0.1, 0.15) is 54.5 Å². The van der Waals surface area contributed by atoms with Gasteiger partial charge in [0.1, 0.15) is 17.2 Å². The molecule has 1 aromatic heterocycles. The lowest BCUT2D eigenvalue weighted by molar-refractivity contribution is 0.0730. The first-order chi connectivity index (χ1) is 11.8. The van der Waals surface area contributed by atoms with Crippen LogP contribution < -0.4 is 9.47 Å². The number of carbonyl (C=O) groups is 1. The number of benzene rings is 1. The van der Waals surface area contributed by atoms with Gasteiger partial charge in [-0.3, -0.25) is 9.48 Å². The van der Waals surface area contributed by atoms with Gasteiger partial charge < -0.3 is 14.4 Å². The summed E-state index contributed by atoms with van der Waals surface area (Å²) in [6.45, 7) is 6.10. The molecule has 0 aliphatic carbocycles. The molecular weight excluding hydrogens is 318 g/mol. The number of amides is 1. The fraction of sp³-hybridized carbons (Fsp3) is 0.474. The van der Waals surface area contributed by atoms with E-state index in [0.717, 1.165) is 17.0 Å². The molecular formula is C19H27N3O3. The van der Waals surface area contributed by atoms with Crippen LogP contribution in [-0.4, -0.2) is 41.9 Å². The number of aryl methyl sites for hydroxylation is 1. The lowest BCUT2D eigenvalue weighted by Gasteiger charge is -2.26. The fourth-order valence-corrected chi connectivity index (χ4v) is 2.70. The second kappa shape index (κ2) is 7.59. The standard InChI is InChI=1S/C19H27N3O3/c1-12(2)16-11-17(22(5)20-16)19(23)21(4)13(3)15-9-8-14(24-6)10-18(15)25-7/h8-13H,1-7H3/t13-/m1/s1. The van der Waals surface area contributed by atoms with E-state index in [4.69, 9.17) is 9.47 Å². The normalized spacial score (nSPS) is 12.2. The number of rotatable bonds is 6. The summed E-state index contributed by atoms with van der Waals surface area (Å²) in [5, 5.41) is 4.43. The van der Waals surface area contributed by atoms with Crippen molar-refractivity contribution >= 4 is 5.91 Å². The van der Waals surface area contributed by atoms with Crippen LogP contribution >= 0.6 is 0 Å². The Hall–Kier alpha value is -2.50. The van der Waals surface area contributed by atoms with E-state index in [-0.39, 0.29) is 17.9 Å². The zero-order valence-electron chi connectivity index (χ0n) is 16.0. The number of hydrogen-bond donors (Lipinski definition) is 0. The van der Waals surface area contributed by atoms with E-state index in [1.807, 2.05) is 31.2 Å². The Labute approximate surface area is 149 Å². The molecule has 136 valence electrons. The van der Waals surface area contributed by atoms with E-state index in [1.54, 1.807) is 37.9 Å². The second-order valence-electron chi connectivity index (χ2n) is 6.43. The van der Waals surface area contributed by atoms with Crippen molar-refractivity contribution in [3.63, 3.8) is 0 Å². The Balaban J connectivity index is 2.30. The first-order valence-corrected chi connectivity index (χ1v) is 8.33.